The lowest BCUT2D eigenvalue weighted by molar-refractivity contribution is -0.137. The Labute approximate surface area is 143 Å². The molecule has 0 heterocycles. The van der Waals surface area contributed by atoms with Gasteiger partial charge in [-0.2, -0.15) is 0 Å². The fraction of sp³-hybridized carbons (Fsp3) is 0.467. The van der Waals surface area contributed by atoms with Crippen LogP contribution in [0.3, 0.4) is 0 Å². The van der Waals surface area contributed by atoms with E-state index >= 15 is 0 Å². The number of rotatable bonds is 8. The van der Waals surface area contributed by atoms with Crippen molar-refractivity contribution in [3.05, 3.63) is 32.4 Å². The molecule has 21 heavy (non-hydrogen) atoms. The molecule has 0 bridgehead atoms. The zero-order chi connectivity index (χ0) is 15.8. The van der Waals surface area contributed by atoms with Crippen molar-refractivity contribution in [2.24, 2.45) is 5.92 Å². The van der Waals surface area contributed by atoms with E-state index in [1.165, 1.54) is 0 Å². The van der Waals surface area contributed by atoms with Gasteiger partial charge in [-0.3, -0.25) is 9.59 Å². The third kappa shape index (κ3) is 6.65. The maximum atomic E-state index is 12.1. The fourth-order valence-corrected chi connectivity index (χ4v) is 2.79. The van der Waals surface area contributed by atoms with Gasteiger partial charge in [0.15, 0.2) is 0 Å². The SMILES string of the molecule is CCC(CCNC(=O)c1cc(Cl)ccc1I)CCC(=O)O. The molecule has 0 fully saturated rings. The van der Waals surface area contributed by atoms with Gasteiger partial charge >= 0.3 is 5.97 Å². The minimum atomic E-state index is -0.772. The topological polar surface area (TPSA) is 66.4 Å². The number of carbonyl (C=O) groups is 2. The molecule has 4 nitrogen and oxygen atoms in total. The molecule has 0 aliphatic carbocycles. The Balaban J connectivity index is 2.45. The van der Waals surface area contributed by atoms with Crippen molar-refractivity contribution in [1.82, 2.24) is 5.32 Å². The number of hydrogen-bond donors (Lipinski definition) is 2. The normalized spacial score (nSPS) is 12.0. The summed E-state index contributed by atoms with van der Waals surface area (Å²) >= 11 is 8.00. The molecule has 0 saturated heterocycles. The third-order valence-electron chi connectivity index (χ3n) is 3.35. The molecule has 0 spiro atoms. The number of carboxylic acid groups (broad SMARTS) is 1. The highest BCUT2D eigenvalue weighted by molar-refractivity contribution is 14.1. The van der Waals surface area contributed by atoms with Crippen LogP contribution < -0.4 is 5.32 Å². The number of halogens is 2. The summed E-state index contributed by atoms with van der Waals surface area (Å²) < 4.78 is 0.854. The summed E-state index contributed by atoms with van der Waals surface area (Å²) in [7, 11) is 0. The van der Waals surface area contributed by atoms with Crippen molar-refractivity contribution in [1.29, 1.82) is 0 Å². The van der Waals surface area contributed by atoms with Gasteiger partial charge in [0.1, 0.15) is 0 Å². The zero-order valence-corrected chi connectivity index (χ0v) is 14.8. The standard InChI is InChI=1S/C15H19ClINO3/c1-2-10(3-6-14(19)20)7-8-18-15(21)12-9-11(16)4-5-13(12)17/h4-5,9-10H,2-3,6-8H2,1H3,(H,18,21)(H,19,20). The predicted molar refractivity (Wildman–Crippen MR) is 91.8 cm³/mol. The van der Waals surface area contributed by atoms with Gasteiger partial charge in [0.2, 0.25) is 0 Å². The quantitative estimate of drug-likeness (QED) is 0.622. The average Bonchev–Trinajstić information content (AvgIpc) is 2.44. The van der Waals surface area contributed by atoms with Gasteiger partial charge in [-0.25, -0.2) is 0 Å². The van der Waals surface area contributed by atoms with E-state index in [2.05, 4.69) is 27.9 Å². The van der Waals surface area contributed by atoms with Gasteiger partial charge in [-0.15, -0.1) is 0 Å². The van der Waals surface area contributed by atoms with E-state index in [1.807, 2.05) is 6.92 Å². The van der Waals surface area contributed by atoms with Gasteiger partial charge < -0.3 is 10.4 Å². The maximum Gasteiger partial charge on any atom is 0.303 e. The van der Waals surface area contributed by atoms with Crippen LogP contribution in [0.1, 0.15) is 43.0 Å². The van der Waals surface area contributed by atoms with Crippen LogP contribution in [-0.4, -0.2) is 23.5 Å². The Morgan fingerprint density at radius 3 is 2.71 bits per heavy atom. The Morgan fingerprint density at radius 1 is 1.38 bits per heavy atom. The zero-order valence-electron chi connectivity index (χ0n) is 11.9. The number of aliphatic carboxylic acids is 1. The van der Waals surface area contributed by atoms with Crippen LogP contribution in [0.15, 0.2) is 18.2 Å². The van der Waals surface area contributed by atoms with Gasteiger partial charge in [0, 0.05) is 21.6 Å². The van der Waals surface area contributed by atoms with Crippen molar-refractivity contribution in [2.75, 3.05) is 6.54 Å². The lowest BCUT2D eigenvalue weighted by Gasteiger charge is -2.14. The number of carboxylic acids is 1. The predicted octanol–water partition coefficient (Wildman–Crippen LogP) is 3.96. The molecule has 0 radical (unpaired) electrons. The summed E-state index contributed by atoms with van der Waals surface area (Å²) in [5.41, 5.74) is 0.571. The number of benzene rings is 1. The molecule has 0 aliphatic rings. The van der Waals surface area contributed by atoms with Gasteiger partial charge in [0.05, 0.1) is 5.56 Å². The van der Waals surface area contributed by atoms with E-state index in [1.54, 1.807) is 18.2 Å². The first-order valence-corrected chi connectivity index (χ1v) is 8.34. The number of hydrogen-bond acceptors (Lipinski definition) is 2. The first-order chi connectivity index (χ1) is 9.93. The molecule has 6 heteroatoms. The Kier molecular flexibility index (Phi) is 8.03. The molecular weight excluding hydrogens is 405 g/mol. The van der Waals surface area contributed by atoms with Gasteiger partial charge in [-0.05, 0) is 59.5 Å². The fourth-order valence-electron chi connectivity index (χ4n) is 2.04. The average molecular weight is 424 g/mol. The van der Waals surface area contributed by atoms with Crippen LogP contribution in [0.2, 0.25) is 5.02 Å². The van der Waals surface area contributed by atoms with Crippen molar-refractivity contribution >= 4 is 46.1 Å². The highest BCUT2D eigenvalue weighted by atomic mass is 127. The molecule has 0 aromatic heterocycles. The smallest absolute Gasteiger partial charge is 0.303 e. The summed E-state index contributed by atoms with van der Waals surface area (Å²) in [6.07, 6.45) is 2.53. The van der Waals surface area contributed by atoms with Crippen LogP contribution in [0.5, 0.6) is 0 Å². The minimum absolute atomic E-state index is 0.144. The second-order valence-electron chi connectivity index (χ2n) is 4.88. The summed E-state index contributed by atoms with van der Waals surface area (Å²) in [6.45, 7) is 2.58. The van der Waals surface area contributed by atoms with Crippen LogP contribution in [0.4, 0.5) is 0 Å². The Morgan fingerprint density at radius 2 is 2.10 bits per heavy atom. The lowest BCUT2D eigenvalue weighted by Crippen LogP contribution is -2.26. The number of nitrogens with one attached hydrogen (secondary N) is 1. The van der Waals surface area contributed by atoms with Crippen LogP contribution in [0, 0.1) is 9.49 Å². The first-order valence-electron chi connectivity index (χ1n) is 6.89. The van der Waals surface area contributed by atoms with Crippen LogP contribution >= 0.6 is 34.2 Å². The van der Waals surface area contributed by atoms with E-state index < -0.39 is 5.97 Å². The lowest BCUT2D eigenvalue weighted by atomic mass is 9.96. The number of amides is 1. The van der Waals surface area contributed by atoms with Crippen LogP contribution in [-0.2, 0) is 4.79 Å². The summed E-state index contributed by atoms with van der Waals surface area (Å²) in [4.78, 5) is 22.7. The molecule has 2 N–H and O–H groups in total. The molecule has 1 aromatic carbocycles. The van der Waals surface area contributed by atoms with E-state index in [0.717, 1.165) is 16.4 Å². The molecule has 1 unspecified atom stereocenters. The van der Waals surface area contributed by atoms with Crippen molar-refractivity contribution in [3.63, 3.8) is 0 Å². The molecular formula is C15H19ClINO3. The Bertz CT molecular complexity index is 508. The highest BCUT2D eigenvalue weighted by Crippen LogP contribution is 2.18. The van der Waals surface area contributed by atoms with Gasteiger partial charge in [0.25, 0.3) is 5.91 Å². The molecule has 1 rings (SSSR count). The molecule has 116 valence electrons. The van der Waals surface area contributed by atoms with E-state index in [-0.39, 0.29) is 12.3 Å². The van der Waals surface area contributed by atoms with Crippen LogP contribution in [0.25, 0.3) is 0 Å². The first kappa shape index (κ1) is 18.2. The third-order valence-corrected chi connectivity index (χ3v) is 4.53. The minimum Gasteiger partial charge on any atom is -0.481 e. The Hall–Kier alpha value is -0.820. The van der Waals surface area contributed by atoms with E-state index in [9.17, 15) is 9.59 Å². The molecule has 0 saturated carbocycles. The second-order valence-corrected chi connectivity index (χ2v) is 6.47. The maximum absolute atomic E-state index is 12.1. The van der Waals surface area contributed by atoms with Crippen molar-refractivity contribution in [3.8, 4) is 0 Å². The van der Waals surface area contributed by atoms with Gasteiger partial charge in [-0.1, -0.05) is 24.9 Å². The highest BCUT2D eigenvalue weighted by Gasteiger charge is 2.12. The largest absolute Gasteiger partial charge is 0.481 e. The summed E-state index contributed by atoms with van der Waals surface area (Å²) in [6, 6.07) is 5.21. The van der Waals surface area contributed by atoms with E-state index in [0.29, 0.717) is 29.5 Å². The summed E-state index contributed by atoms with van der Waals surface area (Å²) in [5, 5.41) is 12.1. The van der Waals surface area contributed by atoms with E-state index in [4.69, 9.17) is 16.7 Å². The number of carbonyl (C=O) groups excluding carboxylic acids is 1. The molecule has 1 atom stereocenters. The second kappa shape index (κ2) is 9.25. The molecule has 0 aliphatic heterocycles. The monoisotopic (exact) mass is 423 g/mol. The summed E-state index contributed by atoms with van der Waals surface area (Å²) in [5.74, 6) is -0.596. The van der Waals surface area contributed by atoms with Crippen molar-refractivity contribution in [2.45, 2.75) is 32.6 Å². The molecule has 1 aromatic rings. The van der Waals surface area contributed by atoms with Crippen molar-refractivity contribution < 1.29 is 14.7 Å². The molecule has 1 amide bonds.